The number of hydrogen-bond donors (Lipinski definition) is 4. The summed E-state index contributed by atoms with van der Waals surface area (Å²) in [7, 11) is 1.89. The van der Waals surface area contributed by atoms with E-state index in [9.17, 15) is 9.59 Å². The number of aromatic amines is 1. The summed E-state index contributed by atoms with van der Waals surface area (Å²) in [5.41, 5.74) is 3.88. The third-order valence-electron chi connectivity index (χ3n) is 5.07. The molecule has 0 saturated carbocycles. The first-order chi connectivity index (χ1) is 15.6. The number of carbonyl (C=O) groups is 2. The minimum Gasteiger partial charge on any atom is -0.352 e. The molecule has 4 rings (SSSR count). The molecule has 2 aromatic heterocycles. The van der Waals surface area contributed by atoms with E-state index in [-0.39, 0.29) is 11.8 Å². The Bertz CT molecular complexity index is 1200. The number of rotatable bonds is 9. The van der Waals surface area contributed by atoms with Crippen LogP contribution in [0.25, 0.3) is 22.2 Å². The number of hydrogen-bond acceptors (Lipinski definition) is 5. The third kappa shape index (κ3) is 5.22. The number of nitrogens with one attached hydrogen (secondary N) is 4. The highest BCUT2D eigenvalue weighted by Gasteiger charge is 2.12. The smallest absolute Gasteiger partial charge is 0.251 e. The quantitative estimate of drug-likeness (QED) is 0.293. The van der Waals surface area contributed by atoms with E-state index in [4.69, 9.17) is 0 Å². The van der Waals surface area contributed by atoms with Crippen molar-refractivity contribution in [3.63, 3.8) is 0 Å². The van der Waals surface area contributed by atoms with E-state index < -0.39 is 0 Å². The minimum atomic E-state index is -0.0877. The van der Waals surface area contributed by atoms with Gasteiger partial charge in [-0.05, 0) is 61.8 Å². The van der Waals surface area contributed by atoms with Crippen LogP contribution in [0.5, 0.6) is 0 Å². The van der Waals surface area contributed by atoms with Crippen LogP contribution in [0.2, 0.25) is 0 Å². The monoisotopic (exact) mass is 447 g/mol. The molecule has 2 amide bonds. The first-order valence-electron chi connectivity index (χ1n) is 10.5. The second-order valence-corrected chi connectivity index (χ2v) is 8.46. The lowest BCUT2D eigenvalue weighted by Crippen LogP contribution is -2.26. The summed E-state index contributed by atoms with van der Waals surface area (Å²) in [4.78, 5) is 25.7. The molecule has 0 radical (unpaired) electrons. The van der Waals surface area contributed by atoms with Crippen LogP contribution in [0.15, 0.2) is 60.0 Å². The number of carbonyl (C=O) groups excluding carboxylic acids is 2. The SMILES string of the molecule is CNCCCNC(=O)c1ccc(-c2n[nH]c3ccc(NC(=O)Cc4cccs4)cc23)cc1. The Morgan fingerprint density at radius 3 is 2.66 bits per heavy atom. The van der Waals surface area contributed by atoms with Gasteiger partial charge in [0.25, 0.3) is 5.91 Å². The maximum absolute atomic E-state index is 12.4. The number of aromatic nitrogens is 2. The second kappa shape index (κ2) is 10.2. The number of anilines is 1. The highest BCUT2D eigenvalue weighted by Crippen LogP contribution is 2.29. The van der Waals surface area contributed by atoms with Crippen molar-refractivity contribution >= 4 is 39.7 Å². The molecule has 8 heteroatoms. The van der Waals surface area contributed by atoms with Gasteiger partial charge in [-0.2, -0.15) is 5.10 Å². The van der Waals surface area contributed by atoms with Gasteiger partial charge in [0.2, 0.25) is 5.91 Å². The van der Waals surface area contributed by atoms with Gasteiger partial charge in [0.1, 0.15) is 0 Å². The van der Waals surface area contributed by atoms with Crippen LogP contribution in [0, 0.1) is 0 Å². The fourth-order valence-electron chi connectivity index (χ4n) is 3.44. The summed E-state index contributed by atoms with van der Waals surface area (Å²) in [5, 5.41) is 19.3. The van der Waals surface area contributed by atoms with E-state index in [1.807, 2.05) is 54.9 Å². The summed E-state index contributed by atoms with van der Waals surface area (Å²) in [6.45, 7) is 1.49. The lowest BCUT2D eigenvalue weighted by atomic mass is 10.0. The van der Waals surface area contributed by atoms with Gasteiger partial charge in [0, 0.05) is 33.6 Å². The fraction of sp³-hybridized carbons (Fsp3) is 0.208. The van der Waals surface area contributed by atoms with Crippen molar-refractivity contribution < 1.29 is 9.59 Å². The number of nitrogens with zero attached hydrogens (tertiary/aromatic N) is 1. The fourth-order valence-corrected chi connectivity index (χ4v) is 4.14. The van der Waals surface area contributed by atoms with Crippen molar-refractivity contribution in [3.05, 3.63) is 70.4 Å². The maximum Gasteiger partial charge on any atom is 0.251 e. The topological polar surface area (TPSA) is 98.9 Å². The van der Waals surface area contributed by atoms with E-state index in [0.29, 0.717) is 18.5 Å². The normalized spacial score (nSPS) is 10.9. The van der Waals surface area contributed by atoms with Crippen LogP contribution in [0.4, 0.5) is 5.69 Å². The Hall–Kier alpha value is -3.49. The molecule has 32 heavy (non-hydrogen) atoms. The Labute approximate surface area is 190 Å². The molecule has 0 aliphatic rings. The molecule has 164 valence electrons. The van der Waals surface area contributed by atoms with Crippen molar-refractivity contribution in [2.75, 3.05) is 25.5 Å². The summed E-state index contributed by atoms with van der Waals surface area (Å²) in [5.74, 6) is -0.141. The number of amides is 2. The molecule has 0 saturated heterocycles. The van der Waals surface area contributed by atoms with Gasteiger partial charge in [-0.15, -0.1) is 11.3 Å². The Balaban J connectivity index is 1.47. The van der Waals surface area contributed by atoms with E-state index in [2.05, 4.69) is 26.1 Å². The van der Waals surface area contributed by atoms with Crippen molar-refractivity contribution in [1.82, 2.24) is 20.8 Å². The minimum absolute atomic E-state index is 0.0538. The maximum atomic E-state index is 12.4. The van der Waals surface area contributed by atoms with E-state index >= 15 is 0 Å². The molecule has 0 aliphatic heterocycles. The second-order valence-electron chi connectivity index (χ2n) is 7.43. The zero-order chi connectivity index (χ0) is 22.3. The van der Waals surface area contributed by atoms with E-state index in [1.54, 1.807) is 23.5 Å². The third-order valence-corrected chi connectivity index (χ3v) is 5.95. The molecule has 2 heterocycles. The van der Waals surface area contributed by atoms with Crippen LogP contribution < -0.4 is 16.0 Å². The van der Waals surface area contributed by atoms with Gasteiger partial charge in [-0.1, -0.05) is 18.2 Å². The Kier molecular flexibility index (Phi) is 6.94. The highest BCUT2D eigenvalue weighted by molar-refractivity contribution is 7.10. The Morgan fingerprint density at radius 2 is 1.91 bits per heavy atom. The molecule has 0 spiro atoms. The summed E-state index contributed by atoms with van der Waals surface area (Å²) in [6, 6.07) is 17.0. The van der Waals surface area contributed by atoms with Crippen LogP contribution >= 0.6 is 11.3 Å². The van der Waals surface area contributed by atoms with Gasteiger partial charge in [0.05, 0.1) is 17.6 Å². The van der Waals surface area contributed by atoms with Crippen molar-refractivity contribution in [3.8, 4) is 11.3 Å². The zero-order valence-corrected chi connectivity index (χ0v) is 18.6. The predicted molar refractivity (Wildman–Crippen MR) is 129 cm³/mol. The molecule has 0 bridgehead atoms. The summed E-state index contributed by atoms with van der Waals surface area (Å²) in [6.07, 6.45) is 1.23. The standard InChI is InChI=1S/C24H25N5O2S/c1-25-11-3-12-26-24(31)17-7-5-16(6-8-17)23-20-14-18(9-10-21(20)28-29-23)27-22(30)15-19-4-2-13-32-19/h2,4-10,13-14,25H,3,11-12,15H2,1H3,(H,26,31)(H,27,30)(H,28,29). The molecule has 7 nitrogen and oxygen atoms in total. The van der Waals surface area contributed by atoms with E-state index in [1.165, 1.54) is 0 Å². The number of H-pyrrole nitrogens is 1. The van der Waals surface area contributed by atoms with Crippen LogP contribution in [-0.2, 0) is 11.2 Å². The summed E-state index contributed by atoms with van der Waals surface area (Å²) >= 11 is 1.57. The van der Waals surface area contributed by atoms with Gasteiger partial charge < -0.3 is 16.0 Å². The van der Waals surface area contributed by atoms with Crippen molar-refractivity contribution in [1.29, 1.82) is 0 Å². The van der Waals surface area contributed by atoms with Crippen molar-refractivity contribution in [2.45, 2.75) is 12.8 Å². The average molecular weight is 448 g/mol. The largest absolute Gasteiger partial charge is 0.352 e. The number of fused-ring (bicyclic) bond motifs is 1. The molecule has 0 atom stereocenters. The lowest BCUT2D eigenvalue weighted by Gasteiger charge is -2.07. The Morgan fingerprint density at radius 1 is 1.06 bits per heavy atom. The number of benzene rings is 2. The predicted octanol–water partition coefficient (Wildman–Crippen LogP) is 3.81. The summed E-state index contributed by atoms with van der Waals surface area (Å²) < 4.78 is 0. The van der Waals surface area contributed by atoms with Gasteiger partial charge >= 0.3 is 0 Å². The van der Waals surface area contributed by atoms with Crippen LogP contribution in [0.1, 0.15) is 21.7 Å². The average Bonchev–Trinajstić information content (AvgIpc) is 3.46. The molecule has 0 fully saturated rings. The molecule has 4 N–H and O–H groups in total. The van der Waals surface area contributed by atoms with Crippen molar-refractivity contribution in [2.24, 2.45) is 0 Å². The van der Waals surface area contributed by atoms with Crippen LogP contribution in [-0.4, -0.2) is 42.1 Å². The van der Waals surface area contributed by atoms with Gasteiger partial charge in [0.15, 0.2) is 0 Å². The molecule has 2 aromatic carbocycles. The van der Waals surface area contributed by atoms with Gasteiger partial charge in [-0.25, -0.2) is 0 Å². The van der Waals surface area contributed by atoms with Crippen LogP contribution in [0.3, 0.4) is 0 Å². The zero-order valence-electron chi connectivity index (χ0n) is 17.8. The molecule has 0 unspecified atom stereocenters. The molecule has 0 aliphatic carbocycles. The van der Waals surface area contributed by atoms with Gasteiger partial charge in [-0.3, -0.25) is 14.7 Å². The molecular formula is C24H25N5O2S. The molecule has 4 aromatic rings. The molecular weight excluding hydrogens is 422 g/mol. The van der Waals surface area contributed by atoms with E-state index in [0.717, 1.165) is 45.7 Å². The number of thiophene rings is 1. The first kappa shape index (κ1) is 21.7. The highest BCUT2D eigenvalue weighted by atomic mass is 32.1. The first-order valence-corrected chi connectivity index (χ1v) is 11.4. The lowest BCUT2D eigenvalue weighted by molar-refractivity contribution is -0.115.